The van der Waals surface area contributed by atoms with Crippen molar-refractivity contribution >= 4 is 5.69 Å². The summed E-state index contributed by atoms with van der Waals surface area (Å²) in [5.41, 5.74) is 3.06. The van der Waals surface area contributed by atoms with E-state index in [4.69, 9.17) is 20.6 Å². The highest BCUT2D eigenvalue weighted by Gasteiger charge is 2.45. The SMILES string of the molecule is C#CCOC1C(OCc2ccccc2)c2cc(NCc3cccc(F)c3)ccc2OC1(C)C. The fraction of sp³-hybridized carbons (Fsp3) is 0.286. The van der Waals surface area contributed by atoms with Gasteiger partial charge in [0.05, 0.1) is 6.61 Å². The Hall–Kier alpha value is -3.33. The number of hydrogen-bond donors (Lipinski definition) is 1. The first kappa shape index (κ1) is 22.8. The maximum atomic E-state index is 13.5. The zero-order valence-electron chi connectivity index (χ0n) is 18.9. The molecule has 5 heteroatoms. The molecule has 2 atom stereocenters. The minimum atomic E-state index is -0.637. The van der Waals surface area contributed by atoms with Crippen molar-refractivity contribution in [1.82, 2.24) is 0 Å². The van der Waals surface area contributed by atoms with Crippen LogP contribution in [0.5, 0.6) is 5.75 Å². The van der Waals surface area contributed by atoms with E-state index in [1.807, 2.05) is 68.4 Å². The monoisotopic (exact) mass is 445 g/mol. The molecule has 0 bridgehead atoms. The van der Waals surface area contributed by atoms with E-state index in [0.717, 1.165) is 28.1 Å². The van der Waals surface area contributed by atoms with Crippen molar-refractivity contribution in [1.29, 1.82) is 0 Å². The van der Waals surface area contributed by atoms with Crippen LogP contribution in [0.25, 0.3) is 0 Å². The lowest BCUT2D eigenvalue weighted by Gasteiger charge is -2.44. The molecular formula is C28H28FNO3. The highest BCUT2D eigenvalue weighted by Crippen LogP contribution is 2.44. The number of rotatable bonds is 8. The Bertz CT molecular complexity index is 1120. The molecule has 0 saturated heterocycles. The molecule has 0 spiro atoms. The lowest BCUT2D eigenvalue weighted by molar-refractivity contribution is -0.160. The summed E-state index contributed by atoms with van der Waals surface area (Å²) in [5.74, 6) is 3.04. The van der Waals surface area contributed by atoms with Crippen LogP contribution in [-0.4, -0.2) is 18.3 Å². The first-order valence-electron chi connectivity index (χ1n) is 11.0. The van der Waals surface area contributed by atoms with Gasteiger partial charge in [-0.2, -0.15) is 0 Å². The van der Waals surface area contributed by atoms with Crippen LogP contribution in [-0.2, 0) is 22.6 Å². The predicted molar refractivity (Wildman–Crippen MR) is 127 cm³/mol. The van der Waals surface area contributed by atoms with Crippen molar-refractivity contribution in [2.45, 2.75) is 44.8 Å². The molecule has 0 saturated carbocycles. The second-order valence-electron chi connectivity index (χ2n) is 8.59. The topological polar surface area (TPSA) is 39.7 Å². The fourth-order valence-corrected chi connectivity index (χ4v) is 4.06. The van der Waals surface area contributed by atoms with Crippen LogP contribution in [0.1, 0.15) is 36.6 Å². The first-order valence-corrected chi connectivity index (χ1v) is 11.0. The molecule has 0 aliphatic carbocycles. The number of ether oxygens (including phenoxy) is 3. The van der Waals surface area contributed by atoms with Crippen molar-refractivity contribution in [3.8, 4) is 18.1 Å². The van der Waals surface area contributed by atoms with Gasteiger partial charge in [-0.25, -0.2) is 4.39 Å². The van der Waals surface area contributed by atoms with Gasteiger partial charge >= 0.3 is 0 Å². The summed E-state index contributed by atoms with van der Waals surface area (Å²) in [4.78, 5) is 0. The maximum absolute atomic E-state index is 13.5. The molecule has 1 heterocycles. The van der Waals surface area contributed by atoms with E-state index < -0.39 is 11.7 Å². The molecule has 33 heavy (non-hydrogen) atoms. The van der Waals surface area contributed by atoms with E-state index in [0.29, 0.717) is 13.2 Å². The number of benzene rings is 3. The van der Waals surface area contributed by atoms with E-state index in [9.17, 15) is 4.39 Å². The normalized spacial score (nSPS) is 18.6. The molecule has 1 N–H and O–H groups in total. The third-order valence-corrected chi connectivity index (χ3v) is 5.65. The van der Waals surface area contributed by atoms with Gasteiger partial charge in [-0.1, -0.05) is 48.4 Å². The Kier molecular flexibility index (Phi) is 6.98. The van der Waals surface area contributed by atoms with Crippen molar-refractivity contribution in [2.24, 2.45) is 0 Å². The van der Waals surface area contributed by atoms with Gasteiger partial charge in [0.25, 0.3) is 0 Å². The molecule has 170 valence electrons. The predicted octanol–water partition coefficient (Wildman–Crippen LogP) is 5.89. The van der Waals surface area contributed by atoms with Crippen LogP contribution >= 0.6 is 0 Å². The Morgan fingerprint density at radius 3 is 2.55 bits per heavy atom. The van der Waals surface area contributed by atoms with Crippen LogP contribution < -0.4 is 10.1 Å². The highest BCUT2D eigenvalue weighted by atomic mass is 19.1. The second kappa shape index (κ2) is 10.1. The van der Waals surface area contributed by atoms with E-state index in [2.05, 4.69) is 11.2 Å². The largest absolute Gasteiger partial charge is 0.485 e. The molecule has 2 unspecified atom stereocenters. The number of halogens is 1. The quantitative estimate of drug-likeness (QED) is 0.439. The van der Waals surface area contributed by atoms with Gasteiger partial charge in [-0.3, -0.25) is 0 Å². The average Bonchev–Trinajstić information content (AvgIpc) is 2.81. The summed E-state index contributed by atoms with van der Waals surface area (Å²) in [6.07, 6.45) is 4.69. The van der Waals surface area contributed by atoms with E-state index in [-0.39, 0.29) is 18.5 Å². The van der Waals surface area contributed by atoms with Crippen molar-refractivity contribution in [2.75, 3.05) is 11.9 Å². The summed E-state index contributed by atoms with van der Waals surface area (Å²) in [7, 11) is 0. The molecule has 1 aliphatic heterocycles. The fourth-order valence-electron chi connectivity index (χ4n) is 4.06. The number of fused-ring (bicyclic) bond motifs is 1. The third kappa shape index (κ3) is 5.54. The van der Waals surface area contributed by atoms with Crippen molar-refractivity contribution < 1.29 is 18.6 Å². The third-order valence-electron chi connectivity index (χ3n) is 5.65. The summed E-state index contributed by atoms with van der Waals surface area (Å²) < 4.78 is 32.3. The molecule has 1 aliphatic rings. The van der Waals surface area contributed by atoms with E-state index in [1.165, 1.54) is 12.1 Å². The summed E-state index contributed by atoms with van der Waals surface area (Å²) >= 11 is 0. The van der Waals surface area contributed by atoms with Crippen molar-refractivity contribution in [3.05, 3.63) is 95.3 Å². The van der Waals surface area contributed by atoms with Gasteiger partial charge < -0.3 is 19.5 Å². The zero-order chi connectivity index (χ0) is 23.3. The Labute approximate surface area is 194 Å². The van der Waals surface area contributed by atoms with Crippen LogP contribution in [0.15, 0.2) is 72.8 Å². The maximum Gasteiger partial charge on any atom is 0.132 e. The van der Waals surface area contributed by atoms with Crippen LogP contribution in [0.4, 0.5) is 10.1 Å². The summed E-state index contributed by atoms with van der Waals surface area (Å²) in [6.45, 7) is 5.04. The number of anilines is 1. The average molecular weight is 446 g/mol. The lowest BCUT2D eigenvalue weighted by Crippen LogP contribution is -2.51. The Morgan fingerprint density at radius 2 is 1.79 bits per heavy atom. The highest BCUT2D eigenvalue weighted by molar-refractivity contribution is 5.54. The first-order chi connectivity index (χ1) is 16.0. The van der Waals surface area contributed by atoms with Gasteiger partial charge in [0.15, 0.2) is 0 Å². The molecule has 0 radical (unpaired) electrons. The van der Waals surface area contributed by atoms with Gasteiger partial charge in [0, 0.05) is 17.8 Å². The molecule has 0 amide bonds. The second-order valence-corrected chi connectivity index (χ2v) is 8.59. The van der Waals surface area contributed by atoms with Gasteiger partial charge in [0.1, 0.15) is 36.0 Å². The molecule has 3 aromatic carbocycles. The molecule has 3 aromatic rings. The molecule has 4 nitrogen and oxygen atoms in total. The molecule has 0 aromatic heterocycles. The summed E-state index contributed by atoms with van der Waals surface area (Å²) in [5, 5.41) is 3.36. The Balaban J connectivity index is 1.61. The number of hydrogen-bond acceptors (Lipinski definition) is 4. The van der Waals surface area contributed by atoms with Gasteiger partial charge in [-0.15, -0.1) is 6.42 Å². The lowest BCUT2D eigenvalue weighted by atomic mass is 9.87. The van der Waals surface area contributed by atoms with Crippen LogP contribution in [0, 0.1) is 18.2 Å². The molecule has 0 fully saturated rings. The summed E-state index contributed by atoms with van der Waals surface area (Å²) in [6, 6.07) is 22.4. The van der Waals surface area contributed by atoms with Gasteiger partial charge in [0.2, 0.25) is 0 Å². The van der Waals surface area contributed by atoms with Gasteiger partial charge in [-0.05, 0) is 55.3 Å². The minimum Gasteiger partial charge on any atom is -0.485 e. The Morgan fingerprint density at radius 1 is 1.00 bits per heavy atom. The van der Waals surface area contributed by atoms with E-state index >= 15 is 0 Å². The van der Waals surface area contributed by atoms with Crippen molar-refractivity contribution in [3.63, 3.8) is 0 Å². The molecule has 4 rings (SSSR count). The number of terminal acetylenes is 1. The van der Waals surface area contributed by atoms with Crippen LogP contribution in [0.2, 0.25) is 0 Å². The zero-order valence-corrected chi connectivity index (χ0v) is 18.9. The number of nitrogens with one attached hydrogen (secondary N) is 1. The minimum absolute atomic E-state index is 0.162. The molecular weight excluding hydrogens is 417 g/mol. The standard InChI is InChI=1S/C28H28FNO3/c1-4-15-31-27-26(32-19-20-9-6-5-7-10-20)24-17-23(13-14-25(24)33-28(27,2)3)30-18-21-11-8-12-22(29)16-21/h1,5-14,16-17,26-27,30H,15,18-19H2,2-3H3. The smallest absolute Gasteiger partial charge is 0.132 e. The van der Waals surface area contributed by atoms with E-state index in [1.54, 1.807) is 6.07 Å². The van der Waals surface area contributed by atoms with Crippen LogP contribution in [0.3, 0.4) is 0 Å².